The van der Waals surface area contributed by atoms with Crippen LogP contribution < -0.4 is 9.47 Å². The Labute approximate surface area is 207 Å². The van der Waals surface area contributed by atoms with Gasteiger partial charge in [0.1, 0.15) is 10.8 Å². The molecule has 2 aromatic heterocycles. The Morgan fingerprint density at radius 1 is 1.06 bits per heavy atom. The average molecular weight is 492 g/mol. The molecule has 0 spiro atoms. The zero-order valence-electron chi connectivity index (χ0n) is 18.7. The fourth-order valence-corrected chi connectivity index (χ4v) is 5.15. The highest BCUT2D eigenvalue weighted by Crippen LogP contribution is 2.43. The van der Waals surface area contributed by atoms with Crippen molar-refractivity contribution in [1.82, 2.24) is 15.0 Å². The van der Waals surface area contributed by atoms with Gasteiger partial charge in [0.05, 0.1) is 25.0 Å². The summed E-state index contributed by atoms with van der Waals surface area (Å²) in [7, 11) is 1.64. The lowest BCUT2D eigenvalue weighted by molar-refractivity contribution is 0.278. The fourth-order valence-electron chi connectivity index (χ4n) is 3.84. The van der Waals surface area contributed by atoms with Crippen molar-refractivity contribution < 1.29 is 14.6 Å². The van der Waals surface area contributed by atoms with Gasteiger partial charge in [-0.25, -0.2) is 4.98 Å². The van der Waals surface area contributed by atoms with E-state index in [0.717, 1.165) is 49.3 Å². The van der Waals surface area contributed by atoms with Crippen LogP contribution in [0.25, 0.3) is 11.4 Å². The maximum absolute atomic E-state index is 9.86. The van der Waals surface area contributed by atoms with Crippen molar-refractivity contribution in [2.75, 3.05) is 7.11 Å². The number of thioether (sulfide) groups is 1. The van der Waals surface area contributed by atoms with Gasteiger partial charge in [-0.15, -0.1) is 11.8 Å². The number of fused-ring (bicyclic) bond motifs is 2. The van der Waals surface area contributed by atoms with Crippen molar-refractivity contribution in [1.29, 1.82) is 0 Å². The Morgan fingerprint density at radius 3 is 2.59 bits per heavy atom. The molecule has 6 nitrogen and oxygen atoms in total. The molecule has 0 unspecified atom stereocenters. The van der Waals surface area contributed by atoms with E-state index in [4.69, 9.17) is 31.0 Å². The highest BCUT2D eigenvalue weighted by Gasteiger charge is 2.27. The number of nitrogens with zero attached hydrogens (tertiary/aromatic N) is 3. The molecule has 2 aromatic carbocycles. The zero-order chi connectivity index (χ0) is 23.7. The number of pyridine rings is 1. The highest BCUT2D eigenvalue weighted by atomic mass is 35.5. The number of aliphatic hydroxyl groups excluding tert-OH is 1. The molecule has 8 heteroatoms. The quantitative estimate of drug-likeness (QED) is 0.231. The summed E-state index contributed by atoms with van der Waals surface area (Å²) in [5.41, 5.74) is 5.20. The van der Waals surface area contributed by atoms with Crippen molar-refractivity contribution in [3.8, 4) is 28.8 Å². The summed E-state index contributed by atoms with van der Waals surface area (Å²) in [6.45, 7) is 1.78. The Bertz CT molecular complexity index is 1360. The molecular weight excluding hydrogens is 470 g/mol. The zero-order valence-corrected chi connectivity index (χ0v) is 20.3. The molecular formula is C26H22ClN3O3S. The average Bonchev–Trinajstić information content (AvgIpc) is 2.87. The van der Waals surface area contributed by atoms with E-state index in [1.54, 1.807) is 25.1 Å². The van der Waals surface area contributed by atoms with Gasteiger partial charge in [0.25, 0.3) is 0 Å². The molecule has 4 aromatic rings. The lowest BCUT2D eigenvalue weighted by Gasteiger charge is -2.24. The van der Waals surface area contributed by atoms with Crippen LogP contribution in [0.3, 0.4) is 0 Å². The summed E-state index contributed by atoms with van der Waals surface area (Å²) in [4.78, 5) is 14.1. The molecule has 0 amide bonds. The molecule has 5 rings (SSSR count). The van der Waals surface area contributed by atoms with Crippen LogP contribution in [0, 0.1) is 6.92 Å². The van der Waals surface area contributed by atoms with Crippen LogP contribution in [0.1, 0.15) is 27.9 Å². The number of halogens is 1. The van der Waals surface area contributed by atoms with Crippen LogP contribution in [0.5, 0.6) is 17.4 Å². The van der Waals surface area contributed by atoms with Gasteiger partial charge in [-0.3, -0.25) is 4.98 Å². The molecule has 1 N–H and O–H groups in total. The standard InChI is InChI=1S/C26H22ClN3O3S/c1-15-23-20(18(13-31)12-28-15)11-21-25(33-23)29-24(16-7-9-19(32-2)10-8-16)30-26(21)34-14-17-5-3-4-6-22(17)27/h3-10,12,31H,11,13-14H2,1-2H3. The molecule has 0 saturated carbocycles. The summed E-state index contributed by atoms with van der Waals surface area (Å²) in [6, 6.07) is 15.4. The number of hydrogen-bond donors (Lipinski definition) is 1. The lowest BCUT2D eigenvalue weighted by atomic mass is 9.99. The fraction of sp³-hybridized carbons (Fsp3) is 0.192. The van der Waals surface area contributed by atoms with Gasteiger partial charge >= 0.3 is 0 Å². The smallest absolute Gasteiger partial charge is 0.227 e. The number of aromatic nitrogens is 3. The van der Waals surface area contributed by atoms with Crippen molar-refractivity contribution in [2.45, 2.75) is 30.7 Å². The lowest BCUT2D eigenvalue weighted by Crippen LogP contribution is -2.13. The van der Waals surface area contributed by atoms with E-state index in [0.29, 0.717) is 29.6 Å². The van der Waals surface area contributed by atoms with Crippen LogP contribution in [0.15, 0.2) is 59.8 Å². The number of methoxy groups -OCH3 is 1. The van der Waals surface area contributed by atoms with Gasteiger partial charge in [0, 0.05) is 40.1 Å². The van der Waals surface area contributed by atoms with Gasteiger partial charge < -0.3 is 14.6 Å². The van der Waals surface area contributed by atoms with Crippen molar-refractivity contribution in [2.24, 2.45) is 0 Å². The van der Waals surface area contributed by atoms with Gasteiger partial charge in [-0.1, -0.05) is 29.8 Å². The second-order valence-electron chi connectivity index (χ2n) is 7.86. The third kappa shape index (κ3) is 4.34. The van der Waals surface area contributed by atoms with Crippen molar-refractivity contribution in [3.63, 3.8) is 0 Å². The number of benzene rings is 2. The van der Waals surface area contributed by atoms with Crippen molar-refractivity contribution in [3.05, 3.63) is 87.7 Å². The maximum Gasteiger partial charge on any atom is 0.227 e. The van der Waals surface area contributed by atoms with Gasteiger partial charge in [0.2, 0.25) is 5.88 Å². The normalized spacial score (nSPS) is 12.0. The summed E-state index contributed by atoms with van der Waals surface area (Å²) in [6.07, 6.45) is 2.25. The summed E-state index contributed by atoms with van der Waals surface area (Å²) in [5.74, 6) is 3.14. The van der Waals surface area contributed by atoms with E-state index in [-0.39, 0.29) is 6.61 Å². The van der Waals surface area contributed by atoms with Crippen LogP contribution in [0.2, 0.25) is 5.02 Å². The van der Waals surface area contributed by atoms with Crippen LogP contribution in [0.4, 0.5) is 0 Å². The van der Waals surface area contributed by atoms with Crippen LogP contribution in [-0.2, 0) is 18.8 Å². The van der Waals surface area contributed by atoms with Crippen LogP contribution >= 0.6 is 23.4 Å². The monoisotopic (exact) mass is 491 g/mol. The second-order valence-corrected chi connectivity index (χ2v) is 9.23. The Hall–Kier alpha value is -3.13. The predicted molar refractivity (Wildman–Crippen MR) is 133 cm³/mol. The molecule has 0 atom stereocenters. The van der Waals surface area contributed by atoms with E-state index in [2.05, 4.69) is 4.98 Å². The molecule has 34 heavy (non-hydrogen) atoms. The van der Waals surface area contributed by atoms with Crippen LogP contribution in [-0.4, -0.2) is 27.2 Å². The first kappa shape index (κ1) is 22.7. The second kappa shape index (κ2) is 9.62. The van der Waals surface area contributed by atoms with Crippen molar-refractivity contribution >= 4 is 23.4 Å². The molecule has 3 heterocycles. The highest BCUT2D eigenvalue weighted by molar-refractivity contribution is 7.98. The Balaban J connectivity index is 1.59. The predicted octanol–water partition coefficient (Wildman–Crippen LogP) is 5.99. The minimum atomic E-state index is -0.110. The maximum atomic E-state index is 9.86. The minimum Gasteiger partial charge on any atom is -0.497 e. The Morgan fingerprint density at radius 2 is 1.85 bits per heavy atom. The molecule has 0 radical (unpaired) electrons. The summed E-state index contributed by atoms with van der Waals surface area (Å²) < 4.78 is 11.6. The number of aliphatic hydroxyl groups is 1. The van der Waals surface area contributed by atoms with Gasteiger partial charge in [-0.2, -0.15) is 4.98 Å². The molecule has 0 fully saturated rings. The van der Waals surface area contributed by atoms with E-state index in [9.17, 15) is 5.11 Å². The number of hydrogen-bond acceptors (Lipinski definition) is 7. The summed E-state index contributed by atoms with van der Waals surface area (Å²) in [5, 5.41) is 11.4. The first-order valence-corrected chi connectivity index (χ1v) is 12.1. The van der Waals surface area contributed by atoms with Gasteiger partial charge in [0.15, 0.2) is 11.6 Å². The van der Waals surface area contributed by atoms with E-state index >= 15 is 0 Å². The molecule has 172 valence electrons. The SMILES string of the molecule is COc1ccc(-c2nc3c(c(SCc4ccccc4Cl)n2)Cc2c(CO)cnc(C)c2O3)cc1. The molecule has 0 bridgehead atoms. The first-order valence-electron chi connectivity index (χ1n) is 10.7. The first-order chi connectivity index (χ1) is 16.6. The largest absolute Gasteiger partial charge is 0.497 e. The topological polar surface area (TPSA) is 77.4 Å². The number of ether oxygens (including phenoxy) is 2. The molecule has 0 aliphatic carbocycles. The van der Waals surface area contributed by atoms with E-state index in [1.165, 1.54) is 0 Å². The number of rotatable bonds is 6. The van der Waals surface area contributed by atoms with E-state index in [1.807, 2.05) is 55.5 Å². The molecule has 1 aliphatic rings. The third-order valence-electron chi connectivity index (χ3n) is 5.73. The number of aryl methyl sites for hydroxylation is 1. The summed E-state index contributed by atoms with van der Waals surface area (Å²) >= 11 is 7.99. The minimum absolute atomic E-state index is 0.110. The third-order valence-corrected chi connectivity index (χ3v) is 7.16. The van der Waals surface area contributed by atoms with E-state index < -0.39 is 0 Å². The van der Waals surface area contributed by atoms with Gasteiger partial charge in [-0.05, 0) is 42.8 Å². The molecule has 0 saturated heterocycles. The Kier molecular flexibility index (Phi) is 6.41. The molecule has 1 aliphatic heterocycles.